The highest BCUT2D eigenvalue weighted by Gasteiger charge is 2.21. The molecule has 0 bridgehead atoms. The van der Waals surface area contributed by atoms with E-state index in [1.54, 1.807) is 16.2 Å². The molecule has 6 nitrogen and oxygen atoms in total. The van der Waals surface area contributed by atoms with E-state index in [9.17, 15) is 10.1 Å². The second-order valence-corrected chi connectivity index (χ2v) is 12.2. The van der Waals surface area contributed by atoms with Gasteiger partial charge in [-0.2, -0.15) is 5.26 Å². The van der Waals surface area contributed by atoms with Crippen molar-refractivity contribution in [2.24, 2.45) is 7.05 Å². The highest BCUT2D eigenvalue weighted by Crippen LogP contribution is 2.31. The van der Waals surface area contributed by atoms with Gasteiger partial charge in [0.15, 0.2) is 0 Å². The van der Waals surface area contributed by atoms with Crippen molar-refractivity contribution in [3.8, 4) is 23.1 Å². The van der Waals surface area contributed by atoms with Crippen LogP contribution in [0.3, 0.4) is 0 Å². The van der Waals surface area contributed by atoms with Gasteiger partial charge < -0.3 is 9.55 Å². The largest absolute Gasteiger partial charge is 0.361 e. The Labute approximate surface area is 236 Å². The highest BCUT2D eigenvalue weighted by molar-refractivity contribution is 5.89. The van der Waals surface area contributed by atoms with Gasteiger partial charge in [-0.25, -0.2) is 4.79 Å². The fraction of sp³-hybridized carbons (Fsp3) is 0.324. The summed E-state index contributed by atoms with van der Waals surface area (Å²) in [4.78, 5) is 21.6. The molecule has 1 aliphatic carbocycles. The van der Waals surface area contributed by atoms with Gasteiger partial charge in [-0.05, 0) is 91.8 Å². The van der Waals surface area contributed by atoms with Gasteiger partial charge in [0.2, 0.25) is 0 Å². The zero-order valence-electron chi connectivity index (χ0n) is 24.2. The maximum atomic E-state index is 13.3. The summed E-state index contributed by atoms with van der Waals surface area (Å²) < 4.78 is 3.26. The summed E-state index contributed by atoms with van der Waals surface area (Å²) in [6.07, 6.45) is 13.5. The third-order valence-corrected chi connectivity index (χ3v) is 7.68. The van der Waals surface area contributed by atoms with Crippen LogP contribution in [0.4, 0.5) is 0 Å². The minimum absolute atomic E-state index is 0.0460. The Bertz CT molecular complexity index is 1710. The molecule has 5 rings (SSSR count). The summed E-state index contributed by atoms with van der Waals surface area (Å²) in [5.41, 5.74) is 8.26. The monoisotopic (exact) mass is 531 g/mol. The molecule has 0 saturated heterocycles. The molecule has 0 spiro atoms. The van der Waals surface area contributed by atoms with Gasteiger partial charge in [-0.15, -0.1) is 0 Å². The summed E-state index contributed by atoms with van der Waals surface area (Å²) in [5.74, 6) is 0. The van der Waals surface area contributed by atoms with Crippen LogP contribution in [0.25, 0.3) is 28.7 Å². The first-order valence-corrected chi connectivity index (χ1v) is 13.9. The first-order chi connectivity index (χ1) is 19.0. The van der Waals surface area contributed by atoms with Crippen LogP contribution in [0.2, 0.25) is 0 Å². The van der Waals surface area contributed by atoms with Gasteiger partial charge >= 0.3 is 5.69 Å². The lowest BCUT2D eigenvalue weighted by Gasteiger charge is -2.16. The van der Waals surface area contributed by atoms with E-state index in [1.807, 2.05) is 56.6 Å². The number of pyridine rings is 1. The Morgan fingerprint density at radius 3 is 2.50 bits per heavy atom. The molecule has 6 heteroatoms. The van der Waals surface area contributed by atoms with Crippen molar-refractivity contribution in [2.45, 2.75) is 64.7 Å². The number of fused-ring (bicyclic) bond motifs is 1. The van der Waals surface area contributed by atoms with Crippen molar-refractivity contribution in [1.29, 1.82) is 5.26 Å². The van der Waals surface area contributed by atoms with Crippen molar-refractivity contribution in [1.82, 2.24) is 19.1 Å². The average Bonchev–Trinajstić information content (AvgIpc) is 3.49. The van der Waals surface area contributed by atoms with E-state index in [2.05, 4.69) is 67.2 Å². The molecule has 204 valence electrons. The number of aryl methyl sites for hydroxylation is 2. The maximum Gasteiger partial charge on any atom is 0.333 e. The normalized spacial score (nSPS) is 14.1. The molecule has 0 fully saturated rings. The first kappa shape index (κ1) is 27.2. The fourth-order valence-corrected chi connectivity index (χ4v) is 5.08. The van der Waals surface area contributed by atoms with Gasteiger partial charge in [-0.1, -0.05) is 45.1 Å². The third kappa shape index (κ3) is 5.24. The molecule has 0 aliphatic heterocycles. The van der Waals surface area contributed by atoms with Crippen LogP contribution in [0.15, 0.2) is 71.8 Å². The Balaban J connectivity index is 1.59. The Morgan fingerprint density at radius 2 is 1.80 bits per heavy atom. The standard InChI is InChI=1S/C34H37N5O/c1-33(2,3)31-20-25-18-23(10-8-7-9-11-28(25)37-31)24-16-17-36-29(19-24)30-21-38(6)32(40)39(30)27-14-12-26(13-15-27)34(4,5)22-35/h8,10,12-21,37H,7,9,11H2,1-6H3. The topological polar surface area (TPSA) is 79.4 Å². The van der Waals surface area contributed by atoms with Gasteiger partial charge in [0.05, 0.1) is 28.6 Å². The number of nitriles is 1. The molecule has 40 heavy (non-hydrogen) atoms. The summed E-state index contributed by atoms with van der Waals surface area (Å²) in [7, 11) is 1.75. The first-order valence-electron chi connectivity index (χ1n) is 13.9. The van der Waals surface area contributed by atoms with Gasteiger partial charge in [0, 0.05) is 36.2 Å². The molecule has 3 aromatic heterocycles. The zero-order valence-corrected chi connectivity index (χ0v) is 24.2. The van der Waals surface area contributed by atoms with E-state index >= 15 is 0 Å². The Hall–Kier alpha value is -4.37. The van der Waals surface area contributed by atoms with Crippen LogP contribution in [-0.4, -0.2) is 19.1 Å². The molecule has 0 amide bonds. The number of aromatic amines is 1. The fourth-order valence-electron chi connectivity index (χ4n) is 5.08. The zero-order chi connectivity index (χ0) is 28.7. The highest BCUT2D eigenvalue weighted by atomic mass is 16.1. The summed E-state index contributed by atoms with van der Waals surface area (Å²) in [6, 6.07) is 16.3. The number of H-pyrrole nitrogens is 1. The number of nitrogens with zero attached hydrogens (tertiary/aromatic N) is 4. The quantitative estimate of drug-likeness (QED) is 0.305. The minimum atomic E-state index is -0.608. The second-order valence-electron chi connectivity index (χ2n) is 12.2. The number of hydrogen-bond acceptors (Lipinski definition) is 3. The lowest BCUT2D eigenvalue weighted by molar-refractivity contribution is 0.570. The number of hydrogen-bond donors (Lipinski definition) is 1. The molecule has 1 aromatic carbocycles. The van der Waals surface area contributed by atoms with E-state index in [0.29, 0.717) is 5.69 Å². The number of benzene rings is 1. The number of imidazole rings is 1. The van der Waals surface area contributed by atoms with Crippen molar-refractivity contribution in [3.05, 3.63) is 106 Å². The van der Waals surface area contributed by atoms with Crippen molar-refractivity contribution >= 4 is 11.6 Å². The summed E-state index contributed by atoms with van der Waals surface area (Å²) in [6.45, 7) is 10.5. The predicted octanol–water partition coefficient (Wildman–Crippen LogP) is 7.10. The molecular weight excluding hydrogens is 494 g/mol. The lowest BCUT2D eigenvalue weighted by atomic mass is 9.86. The minimum Gasteiger partial charge on any atom is -0.361 e. The Kier molecular flexibility index (Phi) is 7.01. The van der Waals surface area contributed by atoms with E-state index in [-0.39, 0.29) is 11.1 Å². The third-order valence-electron chi connectivity index (χ3n) is 7.68. The molecule has 1 aliphatic rings. The summed E-state index contributed by atoms with van der Waals surface area (Å²) >= 11 is 0. The van der Waals surface area contributed by atoms with Crippen LogP contribution >= 0.6 is 0 Å². The van der Waals surface area contributed by atoms with Crippen molar-refractivity contribution < 1.29 is 0 Å². The molecule has 4 aromatic rings. The second kappa shape index (κ2) is 10.3. The van der Waals surface area contributed by atoms with E-state index in [4.69, 9.17) is 0 Å². The van der Waals surface area contributed by atoms with Crippen LogP contribution in [-0.2, 0) is 24.3 Å². The van der Waals surface area contributed by atoms with Crippen molar-refractivity contribution in [3.63, 3.8) is 0 Å². The van der Waals surface area contributed by atoms with Gasteiger partial charge in [-0.3, -0.25) is 9.55 Å². The molecule has 0 atom stereocenters. The number of rotatable bonds is 4. The maximum absolute atomic E-state index is 13.3. The van der Waals surface area contributed by atoms with Crippen molar-refractivity contribution in [2.75, 3.05) is 0 Å². The number of aromatic nitrogens is 4. The predicted molar refractivity (Wildman–Crippen MR) is 162 cm³/mol. The van der Waals surface area contributed by atoms with Gasteiger partial charge in [0.25, 0.3) is 0 Å². The Morgan fingerprint density at radius 1 is 1.05 bits per heavy atom. The SMILES string of the molecule is Cn1cc(-c2cc(C3=Cc4cc(C(C)(C)C)[nH]c4CCCC=C3)ccn2)n(-c2ccc(C(C)(C)C#N)cc2)c1=O. The van der Waals surface area contributed by atoms with Crippen LogP contribution in [0.5, 0.6) is 0 Å². The average molecular weight is 532 g/mol. The lowest BCUT2D eigenvalue weighted by Crippen LogP contribution is -2.21. The van der Waals surface area contributed by atoms with E-state index in [0.717, 1.165) is 47.3 Å². The van der Waals surface area contributed by atoms with E-state index in [1.165, 1.54) is 17.0 Å². The molecule has 3 heterocycles. The smallest absolute Gasteiger partial charge is 0.333 e. The summed E-state index contributed by atoms with van der Waals surface area (Å²) in [5, 5.41) is 9.52. The molecule has 1 N–H and O–H groups in total. The molecule has 0 saturated carbocycles. The van der Waals surface area contributed by atoms with Crippen LogP contribution in [0, 0.1) is 11.3 Å². The van der Waals surface area contributed by atoms with Crippen LogP contribution < -0.4 is 5.69 Å². The number of allylic oxidation sites excluding steroid dienone is 3. The molecule has 0 unspecified atom stereocenters. The van der Waals surface area contributed by atoms with Gasteiger partial charge in [0.1, 0.15) is 0 Å². The molecular formula is C34H37N5O. The van der Waals surface area contributed by atoms with Crippen LogP contribution in [0.1, 0.15) is 75.5 Å². The number of nitrogens with one attached hydrogen (secondary N) is 1. The molecule has 0 radical (unpaired) electrons. The van der Waals surface area contributed by atoms with E-state index < -0.39 is 5.41 Å².